The van der Waals surface area contributed by atoms with Crippen LogP contribution >= 0.6 is 0 Å². The maximum atomic E-state index is 11.4. The number of imidazole rings is 1. The van der Waals surface area contributed by atoms with Crippen LogP contribution in [0.5, 0.6) is 0 Å². The van der Waals surface area contributed by atoms with E-state index in [4.69, 9.17) is 4.74 Å². The highest BCUT2D eigenvalue weighted by Crippen LogP contribution is 2.23. The van der Waals surface area contributed by atoms with Crippen LogP contribution in [0, 0.1) is 0 Å². The molecule has 0 aliphatic carbocycles. The second kappa shape index (κ2) is 6.25. The molecule has 1 aromatic heterocycles. The van der Waals surface area contributed by atoms with Crippen molar-refractivity contribution in [3.8, 4) is 0 Å². The third-order valence-electron chi connectivity index (χ3n) is 2.73. The molecule has 1 aromatic rings. The van der Waals surface area contributed by atoms with Gasteiger partial charge in [0.1, 0.15) is 5.60 Å². The Morgan fingerprint density at radius 1 is 1.43 bits per heavy atom. The molecule has 0 aliphatic heterocycles. The quantitative estimate of drug-likeness (QED) is 0.779. The zero-order valence-electron chi connectivity index (χ0n) is 13.4. The number of aromatic nitrogens is 2. The maximum Gasteiger partial charge on any atom is 0.226 e. The Morgan fingerprint density at radius 2 is 2.05 bits per heavy atom. The summed E-state index contributed by atoms with van der Waals surface area (Å²) < 4.78 is 31.2. The predicted octanol–water partition coefficient (Wildman–Crippen LogP) is 1.63. The number of aromatic amines is 1. The summed E-state index contributed by atoms with van der Waals surface area (Å²) in [6.45, 7) is 9.42. The molecule has 0 aliphatic rings. The molecule has 1 unspecified atom stereocenters. The van der Waals surface area contributed by atoms with Gasteiger partial charge in [-0.3, -0.25) is 0 Å². The molecule has 120 valence electrons. The zero-order valence-corrected chi connectivity index (χ0v) is 14.2. The number of H-pyrrole nitrogens is 1. The lowest BCUT2D eigenvalue weighted by molar-refractivity contribution is -0.0809. The van der Waals surface area contributed by atoms with Crippen LogP contribution in [0.25, 0.3) is 0 Å². The van der Waals surface area contributed by atoms with E-state index < -0.39 is 21.2 Å². The number of ether oxygens (including phenoxy) is 1. The van der Waals surface area contributed by atoms with Gasteiger partial charge in [0.25, 0.3) is 0 Å². The van der Waals surface area contributed by atoms with Gasteiger partial charge >= 0.3 is 0 Å². The SMILES string of the molecule is CC(=Nc1ncc[nH]1)C(C)(CNS(C)(=O)=O)OC(C)(C)C. The van der Waals surface area contributed by atoms with Gasteiger partial charge in [0.15, 0.2) is 0 Å². The minimum Gasteiger partial charge on any atom is -0.362 e. The summed E-state index contributed by atoms with van der Waals surface area (Å²) in [5, 5.41) is 0. The highest BCUT2D eigenvalue weighted by atomic mass is 32.2. The average Bonchev–Trinajstić information content (AvgIpc) is 2.76. The van der Waals surface area contributed by atoms with Crippen molar-refractivity contribution >= 4 is 21.7 Å². The van der Waals surface area contributed by atoms with Crippen molar-refractivity contribution in [2.45, 2.75) is 45.8 Å². The Kier molecular flexibility index (Phi) is 5.30. The van der Waals surface area contributed by atoms with Crippen LogP contribution in [-0.2, 0) is 14.8 Å². The van der Waals surface area contributed by atoms with Crippen LogP contribution in [0.1, 0.15) is 34.6 Å². The summed E-state index contributed by atoms with van der Waals surface area (Å²) in [7, 11) is -3.32. The number of rotatable bonds is 6. The van der Waals surface area contributed by atoms with Gasteiger partial charge in [0.05, 0.1) is 17.6 Å². The summed E-state index contributed by atoms with van der Waals surface area (Å²) >= 11 is 0. The molecule has 0 fully saturated rings. The molecule has 0 saturated carbocycles. The van der Waals surface area contributed by atoms with Gasteiger partial charge in [-0.1, -0.05) is 0 Å². The van der Waals surface area contributed by atoms with Gasteiger partial charge in [0.2, 0.25) is 16.0 Å². The Bertz CT molecular complexity index is 587. The van der Waals surface area contributed by atoms with E-state index in [-0.39, 0.29) is 6.54 Å². The van der Waals surface area contributed by atoms with Crippen molar-refractivity contribution in [2.24, 2.45) is 4.99 Å². The van der Waals surface area contributed by atoms with Crippen molar-refractivity contribution in [3.63, 3.8) is 0 Å². The standard InChI is InChI=1S/C13H24N4O3S/c1-10(17-11-14-7-8-15-11)13(5,20-12(2,3)4)9-16-21(6,18)19/h7-8,16H,9H2,1-6H3,(H,14,15). The van der Waals surface area contributed by atoms with E-state index in [1.165, 1.54) is 0 Å². The fourth-order valence-electron chi connectivity index (χ4n) is 1.78. The molecule has 1 heterocycles. The molecular formula is C13H24N4O3S. The summed E-state index contributed by atoms with van der Waals surface area (Å²) in [5.41, 5.74) is -0.703. The summed E-state index contributed by atoms with van der Waals surface area (Å²) in [4.78, 5) is 11.3. The molecule has 21 heavy (non-hydrogen) atoms. The normalized spacial score (nSPS) is 16.8. The average molecular weight is 316 g/mol. The maximum absolute atomic E-state index is 11.4. The van der Waals surface area contributed by atoms with Crippen LogP contribution in [0.2, 0.25) is 0 Å². The molecule has 1 rings (SSSR count). The fourth-order valence-corrected chi connectivity index (χ4v) is 2.32. The lowest BCUT2D eigenvalue weighted by atomic mass is 9.99. The van der Waals surface area contributed by atoms with Crippen molar-refractivity contribution in [3.05, 3.63) is 12.4 Å². The molecule has 0 amide bonds. The number of nitrogens with one attached hydrogen (secondary N) is 2. The van der Waals surface area contributed by atoms with Crippen molar-refractivity contribution in [1.29, 1.82) is 0 Å². The number of sulfonamides is 1. The largest absolute Gasteiger partial charge is 0.362 e. The van der Waals surface area contributed by atoms with Gasteiger partial charge in [-0.2, -0.15) is 0 Å². The minimum absolute atomic E-state index is 0.0964. The smallest absolute Gasteiger partial charge is 0.226 e. The molecule has 1 atom stereocenters. The van der Waals surface area contributed by atoms with E-state index in [2.05, 4.69) is 19.7 Å². The zero-order chi connectivity index (χ0) is 16.3. The van der Waals surface area contributed by atoms with Crippen molar-refractivity contribution < 1.29 is 13.2 Å². The van der Waals surface area contributed by atoms with Crippen molar-refractivity contribution in [1.82, 2.24) is 14.7 Å². The van der Waals surface area contributed by atoms with Gasteiger partial charge in [-0.15, -0.1) is 0 Å². The Hall–Kier alpha value is -1.25. The lowest BCUT2D eigenvalue weighted by Crippen LogP contribution is -2.51. The van der Waals surface area contributed by atoms with Crippen LogP contribution in [-0.4, -0.2) is 48.1 Å². The van der Waals surface area contributed by atoms with Gasteiger partial charge in [0, 0.05) is 18.9 Å². The molecule has 2 N–H and O–H groups in total. The first-order valence-corrected chi connectivity index (χ1v) is 8.50. The number of hydrogen-bond donors (Lipinski definition) is 2. The van der Waals surface area contributed by atoms with Gasteiger partial charge in [-0.05, 0) is 34.6 Å². The van der Waals surface area contributed by atoms with E-state index in [1.807, 2.05) is 20.8 Å². The van der Waals surface area contributed by atoms with Gasteiger partial charge < -0.3 is 9.72 Å². The van der Waals surface area contributed by atoms with E-state index in [0.29, 0.717) is 11.7 Å². The second-order valence-corrected chi connectivity index (χ2v) is 7.98. The molecule has 0 aromatic carbocycles. The summed E-state index contributed by atoms with van der Waals surface area (Å²) in [6, 6.07) is 0. The molecule has 7 nitrogen and oxygen atoms in total. The molecular weight excluding hydrogens is 292 g/mol. The van der Waals surface area contributed by atoms with E-state index in [9.17, 15) is 8.42 Å². The second-order valence-electron chi connectivity index (χ2n) is 6.15. The highest BCUT2D eigenvalue weighted by Gasteiger charge is 2.34. The molecule has 0 spiro atoms. The fraction of sp³-hybridized carbons (Fsp3) is 0.692. The van der Waals surface area contributed by atoms with Crippen LogP contribution in [0.15, 0.2) is 17.4 Å². The van der Waals surface area contributed by atoms with Gasteiger partial charge in [-0.25, -0.2) is 23.1 Å². The Balaban J connectivity index is 3.05. The van der Waals surface area contributed by atoms with Crippen LogP contribution in [0.4, 0.5) is 5.95 Å². The van der Waals surface area contributed by atoms with E-state index in [1.54, 1.807) is 26.2 Å². The third kappa shape index (κ3) is 6.36. The number of nitrogens with zero attached hydrogens (tertiary/aromatic N) is 2. The topological polar surface area (TPSA) is 96.4 Å². The lowest BCUT2D eigenvalue weighted by Gasteiger charge is -2.36. The van der Waals surface area contributed by atoms with E-state index in [0.717, 1.165) is 6.26 Å². The van der Waals surface area contributed by atoms with Crippen molar-refractivity contribution in [2.75, 3.05) is 12.8 Å². The van der Waals surface area contributed by atoms with Crippen LogP contribution in [0.3, 0.4) is 0 Å². The monoisotopic (exact) mass is 316 g/mol. The first kappa shape index (κ1) is 17.8. The molecule has 8 heteroatoms. The Morgan fingerprint density at radius 3 is 2.48 bits per heavy atom. The first-order valence-electron chi connectivity index (χ1n) is 6.61. The highest BCUT2D eigenvalue weighted by molar-refractivity contribution is 7.88. The first-order chi connectivity index (χ1) is 9.41. The Labute approximate surface area is 126 Å². The molecule has 0 radical (unpaired) electrons. The van der Waals surface area contributed by atoms with E-state index >= 15 is 0 Å². The van der Waals surface area contributed by atoms with Crippen LogP contribution < -0.4 is 4.72 Å². The number of hydrogen-bond acceptors (Lipinski definition) is 5. The third-order valence-corrected chi connectivity index (χ3v) is 3.39. The summed E-state index contributed by atoms with van der Waals surface area (Å²) in [5.74, 6) is 0.454. The predicted molar refractivity (Wildman–Crippen MR) is 83.4 cm³/mol. The number of aliphatic imine (C=N–C) groups is 1. The molecule has 0 bridgehead atoms. The summed E-state index contributed by atoms with van der Waals surface area (Å²) in [6.07, 6.45) is 4.38. The minimum atomic E-state index is -3.32. The molecule has 0 saturated heterocycles.